The van der Waals surface area contributed by atoms with E-state index in [-0.39, 0.29) is 30.8 Å². The molecule has 1 aliphatic carbocycles. The Balaban J connectivity index is 1.66. The molecule has 4 rings (SSSR count). The van der Waals surface area contributed by atoms with Crippen LogP contribution in [-0.2, 0) is 0 Å². The number of halogens is 5. The van der Waals surface area contributed by atoms with Crippen LogP contribution in [0, 0.1) is 0 Å². The number of hydrogen-bond acceptors (Lipinski definition) is 3. The van der Waals surface area contributed by atoms with Gasteiger partial charge in [0.2, 0.25) is 0 Å². The molecule has 1 atom stereocenters. The van der Waals surface area contributed by atoms with Crippen LogP contribution in [0.2, 0.25) is 0 Å². The quantitative estimate of drug-likeness (QED) is 0.273. The van der Waals surface area contributed by atoms with E-state index in [9.17, 15) is 22.4 Å². The van der Waals surface area contributed by atoms with Crippen molar-refractivity contribution in [2.24, 2.45) is 4.99 Å². The van der Waals surface area contributed by atoms with Gasteiger partial charge in [0.1, 0.15) is 5.83 Å². The molecule has 0 bridgehead atoms. The van der Waals surface area contributed by atoms with Crippen LogP contribution in [0.4, 0.5) is 23.2 Å². The number of hydrogen-bond donors (Lipinski definition) is 1. The monoisotopic (exact) mass is 494 g/mol. The molecular formula is C24H19ClF4N2OS. The van der Waals surface area contributed by atoms with Crippen LogP contribution in [0.25, 0.3) is 0 Å². The molecule has 1 aliphatic heterocycles. The smallest absolute Gasteiger partial charge is 0.352 e. The summed E-state index contributed by atoms with van der Waals surface area (Å²) in [5, 5.41) is 2.08. The Morgan fingerprint density at radius 1 is 1.18 bits per heavy atom. The molecule has 9 heteroatoms. The van der Waals surface area contributed by atoms with Crippen molar-refractivity contribution in [1.29, 1.82) is 0 Å². The first-order valence-corrected chi connectivity index (χ1v) is 11.5. The third-order valence-electron chi connectivity index (χ3n) is 5.13. The van der Waals surface area contributed by atoms with Crippen molar-refractivity contribution in [3.8, 4) is 0 Å². The third-order valence-corrected chi connectivity index (χ3v) is 6.57. The molecule has 172 valence electrons. The summed E-state index contributed by atoms with van der Waals surface area (Å²) >= 11 is 7.50. The van der Waals surface area contributed by atoms with Crippen molar-refractivity contribution in [2.75, 3.05) is 6.54 Å². The van der Waals surface area contributed by atoms with E-state index >= 15 is 0 Å². The van der Waals surface area contributed by atoms with Gasteiger partial charge in [0.05, 0.1) is 16.8 Å². The average Bonchev–Trinajstić information content (AvgIpc) is 2.92. The number of fused-ring (bicyclic) bond motifs is 2. The van der Waals surface area contributed by atoms with Crippen molar-refractivity contribution in [2.45, 2.75) is 40.6 Å². The minimum atomic E-state index is -4.26. The van der Waals surface area contributed by atoms with Crippen molar-refractivity contribution >= 4 is 40.7 Å². The topological polar surface area (TPSA) is 41.5 Å². The predicted octanol–water partition coefficient (Wildman–Crippen LogP) is 7.14. The van der Waals surface area contributed by atoms with Crippen molar-refractivity contribution in [1.82, 2.24) is 5.32 Å². The molecule has 1 N–H and O–H groups in total. The standard InChI is InChI=1S/C24H19ClF4N2OS/c25-15-7-8-16(18(26)13-15)22-17-4-1-2-5-20(17)33-21-9-6-14(12-19(21)31-22)23(32)30-11-3-10-24(27,28)29/h1-2,4-9,12,15H,3,10-11,13H2,(H,30,32). The Kier molecular flexibility index (Phi) is 6.95. The Hall–Kier alpha value is -2.58. The Morgan fingerprint density at radius 2 is 1.97 bits per heavy atom. The fourth-order valence-electron chi connectivity index (χ4n) is 3.53. The van der Waals surface area contributed by atoms with Gasteiger partial charge >= 0.3 is 6.18 Å². The fourth-order valence-corrected chi connectivity index (χ4v) is 4.74. The van der Waals surface area contributed by atoms with Gasteiger partial charge in [-0.15, -0.1) is 11.6 Å². The molecule has 2 aliphatic rings. The highest BCUT2D eigenvalue weighted by Crippen LogP contribution is 2.42. The number of allylic oxidation sites excluding steroid dienone is 4. The molecule has 2 aromatic rings. The van der Waals surface area contributed by atoms with Crippen LogP contribution in [0.15, 0.2) is 80.8 Å². The molecule has 0 saturated heterocycles. The number of rotatable bonds is 5. The maximum absolute atomic E-state index is 14.9. The molecule has 33 heavy (non-hydrogen) atoms. The van der Waals surface area contributed by atoms with E-state index in [1.807, 2.05) is 24.3 Å². The van der Waals surface area contributed by atoms with Gasteiger partial charge in [-0.05, 0) is 30.7 Å². The van der Waals surface area contributed by atoms with Gasteiger partial charge in [0, 0.05) is 45.9 Å². The molecule has 1 heterocycles. The van der Waals surface area contributed by atoms with Crippen LogP contribution in [0.3, 0.4) is 0 Å². The lowest BCUT2D eigenvalue weighted by atomic mass is 9.96. The lowest BCUT2D eigenvalue weighted by molar-refractivity contribution is -0.135. The maximum atomic E-state index is 14.9. The number of benzene rings is 2. The maximum Gasteiger partial charge on any atom is 0.389 e. The third kappa shape index (κ3) is 5.68. The molecular weight excluding hydrogens is 476 g/mol. The molecule has 0 fully saturated rings. The molecule has 0 spiro atoms. The van der Waals surface area contributed by atoms with Gasteiger partial charge in [-0.25, -0.2) is 9.38 Å². The lowest BCUT2D eigenvalue weighted by Crippen LogP contribution is -2.25. The van der Waals surface area contributed by atoms with E-state index in [1.54, 1.807) is 30.4 Å². The Labute approximate surface area is 197 Å². The Morgan fingerprint density at radius 3 is 2.73 bits per heavy atom. The summed E-state index contributed by atoms with van der Waals surface area (Å²) in [6.45, 7) is -0.0907. The number of nitrogens with one attached hydrogen (secondary N) is 1. The van der Waals surface area contributed by atoms with E-state index in [4.69, 9.17) is 16.6 Å². The van der Waals surface area contributed by atoms with E-state index in [0.717, 1.165) is 15.4 Å². The highest BCUT2D eigenvalue weighted by molar-refractivity contribution is 7.99. The van der Waals surface area contributed by atoms with Gasteiger partial charge < -0.3 is 5.32 Å². The minimum Gasteiger partial charge on any atom is -0.352 e. The number of carbonyl (C=O) groups excluding carboxylic acids is 1. The zero-order valence-electron chi connectivity index (χ0n) is 17.3. The van der Waals surface area contributed by atoms with E-state index in [0.29, 0.717) is 17.0 Å². The van der Waals surface area contributed by atoms with Crippen LogP contribution in [0.1, 0.15) is 35.2 Å². The van der Waals surface area contributed by atoms with Gasteiger partial charge in [-0.2, -0.15) is 13.2 Å². The number of nitrogens with zero attached hydrogens (tertiary/aromatic N) is 1. The normalized spacial score (nSPS) is 17.7. The molecule has 0 aromatic heterocycles. The molecule has 3 nitrogen and oxygen atoms in total. The summed E-state index contributed by atoms with van der Waals surface area (Å²) in [7, 11) is 0. The molecule has 1 amide bonds. The zero-order chi connectivity index (χ0) is 23.6. The van der Waals surface area contributed by atoms with E-state index < -0.39 is 23.9 Å². The zero-order valence-corrected chi connectivity index (χ0v) is 18.8. The number of alkyl halides is 4. The largest absolute Gasteiger partial charge is 0.389 e. The molecule has 0 radical (unpaired) electrons. The van der Waals surface area contributed by atoms with Crippen LogP contribution >= 0.6 is 23.4 Å². The van der Waals surface area contributed by atoms with Crippen molar-refractivity contribution in [3.63, 3.8) is 0 Å². The molecule has 0 saturated carbocycles. The average molecular weight is 495 g/mol. The highest BCUT2D eigenvalue weighted by Gasteiger charge is 2.27. The van der Waals surface area contributed by atoms with Crippen LogP contribution in [-0.4, -0.2) is 29.7 Å². The molecule has 2 aromatic carbocycles. The first kappa shape index (κ1) is 23.6. The van der Waals surface area contributed by atoms with E-state index in [1.165, 1.54) is 11.8 Å². The second-order valence-electron chi connectivity index (χ2n) is 7.61. The van der Waals surface area contributed by atoms with Gasteiger partial charge in [-0.3, -0.25) is 4.79 Å². The summed E-state index contributed by atoms with van der Waals surface area (Å²) in [6, 6.07) is 12.4. The van der Waals surface area contributed by atoms with Crippen molar-refractivity contribution < 1.29 is 22.4 Å². The van der Waals surface area contributed by atoms with Crippen LogP contribution in [0.5, 0.6) is 0 Å². The SMILES string of the molecule is O=C(NCCCC(F)(F)F)c1ccc2c(c1)N=C(C1=C(F)CC(Cl)C=C1)c1ccccc1S2. The molecule has 1 unspecified atom stereocenters. The summed E-state index contributed by atoms with van der Waals surface area (Å²) in [5.74, 6) is -0.852. The number of carbonyl (C=O) groups is 1. The summed E-state index contributed by atoms with van der Waals surface area (Å²) in [6.07, 6.45) is -2.01. The van der Waals surface area contributed by atoms with Gasteiger partial charge in [0.25, 0.3) is 5.91 Å². The van der Waals surface area contributed by atoms with Crippen molar-refractivity contribution in [3.05, 3.63) is 77.1 Å². The summed E-state index contributed by atoms with van der Waals surface area (Å²) in [4.78, 5) is 18.9. The first-order chi connectivity index (χ1) is 15.7. The lowest BCUT2D eigenvalue weighted by Gasteiger charge is -2.16. The second kappa shape index (κ2) is 9.73. The Bertz CT molecular complexity index is 1170. The highest BCUT2D eigenvalue weighted by atomic mass is 35.5. The summed E-state index contributed by atoms with van der Waals surface area (Å²) < 4.78 is 51.8. The summed E-state index contributed by atoms with van der Waals surface area (Å²) in [5.41, 5.74) is 2.30. The number of aliphatic imine (C=N–C) groups is 1. The fraction of sp³-hybridized carbons (Fsp3) is 0.250. The van der Waals surface area contributed by atoms with Crippen LogP contribution < -0.4 is 5.32 Å². The second-order valence-corrected chi connectivity index (χ2v) is 9.26. The van der Waals surface area contributed by atoms with Gasteiger partial charge in [-0.1, -0.05) is 42.1 Å². The number of amides is 1. The van der Waals surface area contributed by atoms with E-state index in [2.05, 4.69) is 5.32 Å². The minimum absolute atomic E-state index is 0.0644. The first-order valence-electron chi connectivity index (χ1n) is 10.3. The van der Waals surface area contributed by atoms with Gasteiger partial charge in [0.15, 0.2) is 0 Å². The predicted molar refractivity (Wildman–Crippen MR) is 122 cm³/mol.